The van der Waals surface area contributed by atoms with E-state index in [0.717, 1.165) is 25.2 Å². The summed E-state index contributed by atoms with van der Waals surface area (Å²) in [5.41, 5.74) is 10.3. The number of nitrogens with two attached hydrogens (primary N) is 1. The molecule has 2 aromatic carbocycles. The van der Waals surface area contributed by atoms with E-state index in [2.05, 4.69) is 23.1 Å². The summed E-state index contributed by atoms with van der Waals surface area (Å²) in [6.45, 7) is 1.53. The van der Waals surface area contributed by atoms with Crippen molar-refractivity contribution in [2.45, 2.75) is 62.4 Å². The monoisotopic (exact) mass is 417 g/mol. The Kier molecular flexibility index (Phi) is 5.30. The van der Waals surface area contributed by atoms with E-state index in [0.29, 0.717) is 24.8 Å². The smallest absolute Gasteiger partial charge is 0.243 e. The Morgan fingerprint density at radius 3 is 2.52 bits per heavy atom. The maximum atomic E-state index is 12.7. The summed E-state index contributed by atoms with van der Waals surface area (Å²) < 4.78 is 0. The highest BCUT2D eigenvalue weighted by molar-refractivity contribution is 5.95. The van der Waals surface area contributed by atoms with Gasteiger partial charge in [0.25, 0.3) is 0 Å². The molecule has 1 heterocycles. The van der Waals surface area contributed by atoms with Gasteiger partial charge in [-0.25, -0.2) is 0 Å². The van der Waals surface area contributed by atoms with Crippen LogP contribution in [0, 0.1) is 0 Å². The lowest BCUT2D eigenvalue weighted by Gasteiger charge is -2.48. The van der Waals surface area contributed by atoms with Crippen molar-refractivity contribution in [2.24, 2.45) is 5.73 Å². The van der Waals surface area contributed by atoms with Crippen LogP contribution < -0.4 is 10.6 Å². The summed E-state index contributed by atoms with van der Waals surface area (Å²) in [5, 5.41) is 0. The first-order valence-corrected chi connectivity index (χ1v) is 11.6. The number of amides is 2. The standard InChI is InChI=1S/C26H31N3O2/c27-25(31)26(29(18-30)21-9-2-1-3-10-21)14-16-28(17-15-26)23-13-12-20-7-4-6-19-8-5-11-22(23)24(19)20/h1-3,5,8-11,18,20,23H,4,6-7,12-17H2,(H2,27,31)/t20-,23-/m0/s1. The maximum absolute atomic E-state index is 12.7. The van der Waals surface area contributed by atoms with E-state index in [1.165, 1.54) is 43.2 Å². The molecule has 1 aliphatic heterocycles. The predicted molar refractivity (Wildman–Crippen MR) is 122 cm³/mol. The molecule has 3 aliphatic rings. The fourth-order valence-electron chi connectivity index (χ4n) is 6.31. The fourth-order valence-corrected chi connectivity index (χ4v) is 6.31. The molecule has 0 unspecified atom stereocenters. The van der Waals surface area contributed by atoms with Gasteiger partial charge in [-0.15, -0.1) is 0 Å². The Hall–Kier alpha value is -2.66. The van der Waals surface area contributed by atoms with Crippen LogP contribution in [0.25, 0.3) is 0 Å². The van der Waals surface area contributed by atoms with Crippen molar-refractivity contribution in [3.8, 4) is 0 Å². The number of nitrogens with zero attached hydrogens (tertiary/aromatic N) is 2. The number of primary amides is 1. The Morgan fingerprint density at radius 2 is 1.81 bits per heavy atom. The number of carbonyl (C=O) groups excluding carboxylic acids is 2. The molecule has 2 aromatic rings. The highest BCUT2D eigenvalue weighted by Crippen LogP contribution is 2.47. The van der Waals surface area contributed by atoms with Crippen LogP contribution in [0.5, 0.6) is 0 Å². The molecule has 2 atom stereocenters. The van der Waals surface area contributed by atoms with Gasteiger partial charge in [0.2, 0.25) is 12.3 Å². The number of carbonyl (C=O) groups is 2. The third-order valence-electron chi connectivity index (χ3n) is 7.91. The first-order chi connectivity index (χ1) is 15.1. The van der Waals surface area contributed by atoms with Crippen LogP contribution >= 0.6 is 0 Å². The van der Waals surface area contributed by atoms with Crippen molar-refractivity contribution < 1.29 is 9.59 Å². The van der Waals surface area contributed by atoms with Gasteiger partial charge in [-0.1, -0.05) is 36.4 Å². The molecule has 5 rings (SSSR count). The van der Waals surface area contributed by atoms with Crippen molar-refractivity contribution in [1.82, 2.24) is 4.90 Å². The van der Waals surface area contributed by atoms with Gasteiger partial charge in [-0.3, -0.25) is 19.4 Å². The molecule has 0 aromatic heterocycles. The minimum absolute atomic E-state index is 0.400. The minimum atomic E-state index is -0.965. The first kappa shape index (κ1) is 20.3. The largest absolute Gasteiger partial charge is 0.368 e. The molecular weight excluding hydrogens is 386 g/mol. The third kappa shape index (κ3) is 3.35. The molecule has 0 radical (unpaired) electrons. The Morgan fingerprint density at radius 1 is 1.03 bits per heavy atom. The van der Waals surface area contributed by atoms with E-state index in [1.807, 2.05) is 30.3 Å². The summed E-state index contributed by atoms with van der Waals surface area (Å²) in [7, 11) is 0. The van der Waals surface area contributed by atoms with E-state index in [9.17, 15) is 9.59 Å². The average Bonchev–Trinajstić information content (AvgIpc) is 2.81. The molecule has 31 heavy (non-hydrogen) atoms. The lowest BCUT2D eigenvalue weighted by atomic mass is 9.71. The predicted octanol–water partition coefficient (Wildman–Crippen LogP) is 3.92. The van der Waals surface area contributed by atoms with E-state index < -0.39 is 11.4 Å². The van der Waals surface area contributed by atoms with Gasteiger partial charge in [0.05, 0.1) is 0 Å². The highest BCUT2D eigenvalue weighted by atomic mass is 16.2. The van der Waals surface area contributed by atoms with Crippen LogP contribution in [0.15, 0.2) is 48.5 Å². The van der Waals surface area contributed by atoms with E-state index in [-0.39, 0.29) is 0 Å². The molecule has 162 valence electrons. The molecular formula is C26H31N3O2. The molecule has 2 aliphatic carbocycles. The second kappa shape index (κ2) is 8.12. The van der Waals surface area contributed by atoms with Gasteiger partial charge in [-0.05, 0) is 79.7 Å². The van der Waals surface area contributed by atoms with Gasteiger partial charge in [0.1, 0.15) is 5.54 Å². The SMILES string of the molecule is NC(=O)C1(N(C=O)c2ccccc2)CCN([C@H]2CC[C@@H]3CCCc4cccc2c43)CC1. The molecule has 5 heteroatoms. The van der Waals surface area contributed by atoms with Gasteiger partial charge >= 0.3 is 0 Å². The van der Waals surface area contributed by atoms with Crippen molar-refractivity contribution in [1.29, 1.82) is 0 Å². The molecule has 5 nitrogen and oxygen atoms in total. The lowest BCUT2D eigenvalue weighted by Crippen LogP contribution is -2.62. The Bertz CT molecular complexity index is 966. The Balaban J connectivity index is 1.40. The molecule has 0 spiro atoms. The molecule has 2 N–H and O–H groups in total. The maximum Gasteiger partial charge on any atom is 0.243 e. The van der Waals surface area contributed by atoms with E-state index >= 15 is 0 Å². The Labute approximate surface area is 184 Å². The molecule has 1 saturated heterocycles. The van der Waals surface area contributed by atoms with Gasteiger partial charge < -0.3 is 5.73 Å². The summed E-state index contributed by atoms with van der Waals surface area (Å²) in [5.74, 6) is 0.304. The van der Waals surface area contributed by atoms with Crippen LogP contribution in [0.3, 0.4) is 0 Å². The van der Waals surface area contributed by atoms with Crippen LogP contribution in [-0.2, 0) is 16.0 Å². The summed E-state index contributed by atoms with van der Waals surface area (Å²) in [6.07, 6.45) is 8.12. The molecule has 0 bridgehead atoms. The number of aryl methyl sites for hydroxylation is 1. The normalized spacial score (nSPS) is 24.8. The molecule has 2 amide bonds. The second-order valence-corrected chi connectivity index (χ2v) is 9.35. The highest BCUT2D eigenvalue weighted by Gasteiger charge is 2.47. The number of rotatable bonds is 5. The zero-order valence-corrected chi connectivity index (χ0v) is 18.0. The lowest BCUT2D eigenvalue weighted by molar-refractivity contribution is -0.127. The fraction of sp³-hybridized carbons (Fsp3) is 0.462. The summed E-state index contributed by atoms with van der Waals surface area (Å²) >= 11 is 0. The topological polar surface area (TPSA) is 66.6 Å². The van der Waals surface area contributed by atoms with Crippen LogP contribution in [0.1, 0.15) is 67.2 Å². The van der Waals surface area contributed by atoms with Crippen molar-refractivity contribution in [3.05, 3.63) is 65.2 Å². The van der Waals surface area contributed by atoms with Gasteiger partial charge in [-0.2, -0.15) is 0 Å². The van der Waals surface area contributed by atoms with Gasteiger partial charge in [0.15, 0.2) is 0 Å². The van der Waals surface area contributed by atoms with E-state index in [4.69, 9.17) is 5.73 Å². The second-order valence-electron chi connectivity index (χ2n) is 9.35. The number of hydrogen-bond acceptors (Lipinski definition) is 3. The number of benzene rings is 2. The zero-order valence-electron chi connectivity index (χ0n) is 18.0. The summed E-state index contributed by atoms with van der Waals surface area (Å²) in [6, 6.07) is 16.6. The third-order valence-corrected chi connectivity index (χ3v) is 7.91. The average molecular weight is 418 g/mol. The van der Waals surface area contributed by atoms with Crippen LogP contribution in [0.4, 0.5) is 5.69 Å². The number of hydrogen-bond donors (Lipinski definition) is 1. The first-order valence-electron chi connectivity index (χ1n) is 11.6. The minimum Gasteiger partial charge on any atom is -0.368 e. The zero-order chi connectivity index (χ0) is 21.4. The van der Waals surface area contributed by atoms with Crippen molar-refractivity contribution in [3.63, 3.8) is 0 Å². The van der Waals surface area contributed by atoms with Gasteiger partial charge in [0, 0.05) is 24.8 Å². The van der Waals surface area contributed by atoms with Crippen LogP contribution in [-0.4, -0.2) is 35.8 Å². The van der Waals surface area contributed by atoms with Crippen molar-refractivity contribution in [2.75, 3.05) is 18.0 Å². The van der Waals surface area contributed by atoms with E-state index in [1.54, 1.807) is 10.5 Å². The molecule has 0 saturated carbocycles. The summed E-state index contributed by atoms with van der Waals surface area (Å²) in [4.78, 5) is 28.8. The quantitative estimate of drug-likeness (QED) is 0.750. The number of piperidine rings is 1. The number of likely N-dealkylation sites (tertiary alicyclic amines) is 1. The number of para-hydroxylation sites is 1. The number of anilines is 1. The van der Waals surface area contributed by atoms with Crippen molar-refractivity contribution >= 4 is 18.0 Å². The van der Waals surface area contributed by atoms with Crippen LogP contribution in [0.2, 0.25) is 0 Å². The molecule has 1 fully saturated rings.